The molecule has 0 radical (unpaired) electrons. The molecular weight excluding hydrogens is 254 g/mol. The van der Waals surface area contributed by atoms with Gasteiger partial charge in [0, 0.05) is 0 Å². The SMILES string of the molecule is Cc1nc(C(C)(C)C(=O)OCc2ccccc2)oc1C. The number of rotatable bonds is 4. The number of aromatic nitrogens is 1. The minimum atomic E-state index is -0.895. The normalized spacial score (nSPS) is 11.4. The maximum Gasteiger partial charge on any atom is 0.321 e. The predicted molar refractivity (Wildman–Crippen MR) is 75.2 cm³/mol. The average Bonchev–Trinajstić information content (AvgIpc) is 2.78. The summed E-state index contributed by atoms with van der Waals surface area (Å²) in [5.74, 6) is 0.775. The van der Waals surface area contributed by atoms with Gasteiger partial charge in [-0.05, 0) is 33.3 Å². The quantitative estimate of drug-likeness (QED) is 0.802. The monoisotopic (exact) mass is 273 g/mol. The average molecular weight is 273 g/mol. The molecule has 20 heavy (non-hydrogen) atoms. The lowest BCUT2D eigenvalue weighted by Gasteiger charge is -2.18. The van der Waals surface area contributed by atoms with Crippen molar-refractivity contribution in [1.82, 2.24) is 4.98 Å². The zero-order chi connectivity index (χ0) is 14.8. The molecule has 2 rings (SSSR count). The maximum atomic E-state index is 12.2. The van der Waals surface area contributed by atoms with Crippen LogP contribution < -0.4 is 0 Å². The summed E-state index contributed by atoms with van der Waals surface area (Å²) in [6, 6.07) is 9.58. The number of hydrogen-bond acceptors (Lipinski definition) is 4. The summed E-state index contributed by atoms with van der Waals surface area (Å²) >= 11 is 0. The minimum Gasteiger partial charge on any atom is -0.460 e. The smallest absolute Gasteiger partial charge is 0.321 e. The van der Waals surface area contributed by atoms with Gasteiger partial charge in [-0.1, -0.05) is 30.3 Å². The van der Waals surface area contributed by atoms with Gasteiger partial charge in [0.25, 0.3) is 0 Å². The van der Waals surface area contributed by atoms with Gasteiger partial charge < -0.3 is 9.15 Å². The van der Waals surface area contributed by atoms with Crippen molar-refractivity contribution in [1.29, 1.82) is 0 Å². The molecule has 0 spiro atoms. The van der Waals surface area contributed by atoms with Crippen molar-refractivity contribution in [3.8, 4) is 0 Å². The van der Waals surface area contributed by atoms with E-state index >= 15 is 0 Å². The van der Waals surface area contributed by atoms with Gasteiger partial charge in [-0.15, -0.1) is 0 Å². The number of carbonyl (C=O) groups is 1. The number of carbonyl (C=O) groups excluding carboxylic acids is 1. The van der Waals surface area contributed by atoms with Crippen molar-refractivity contribution >= 4 is 5.97 Å². The Morgan fingerprint density at radius 3 is 2.45 bits per heavy atom. The minimum absolute atomic E-state index is 0.252. The Morgan fingerprint density at radius 2 is 1.90 bits per heavy atom. The van der Waals surface area contributed by atoms with Crippen LogP contribution >= 0.6 is 0 Å². The Labute approximate surface area is 118 Å². The summed E-state index contributed by atoms with van der Waals surface area (Å²) in [6.45, 7) is 7.45. The summed E-state index contributed by atoms with van der Waals surface area (Å²) < 4.78 is 10.9. The van der Waals surface area contributed by atoms with Gasteiger partial charge in [0.1, 0.15) is 17.8 Å². The van der Waals surface area contributed by atoms with E-state index < -0.39 is 5.41 Å². The Hall–Kier alpha value is -2.10. The van der Waals surface area contributed by atoms with E-state index in [-0.39, 0.29) is 12.6 Å². The first kappa shape index (κ1) is 14.3. The van der Waals surface area contributed by atoms with Crippen LogP contribution in [0.5, 0.6) is 0 Å². The second-order valence-corrected chi connectivity index (χ2v) is 5.35. The van der Waals surface area contributed by atoms with Crippen molar-refractivity contribution in [2.24, 2.45) is 0 Å². The van der Waals surface area contributed by atoms with E-state index in [0.717, 1.165) is 17.0 Å². The molecule has 2 aromatic rings. The van der Waals surface area contributed by atoms with Crippen LogP contribution in [-0.2, 0) is 21.6 Å². The molecule has 0 aliphatic heterocycles. The fourth-order valence-corrected chi connectivity index (χ4v) is 1.73. The second kappa shape index (κ2) is 5.49. The Bertz CT molecular complexity index is 580. The van der Waals surface area contributed by atoms with E-state index in [1.807, 2.05) is 44.2 Å². The Balaban J connectivity index is 2.07. The first-order chi connectivity index (χ1) is 9.41. The molecule has 0 aliphatic rings. The van der Waals surface area contributed by atoms with Crippen LogP contribution in [0.25, 0.3) is 0 Å². The highest BCUT2D eigenvalue weighted by Crippen LogP contribution is 2.26. The molecule has 4 heteroatoms. The number of oxazole rings is 1. The van der Waals surface area contributed by atoms with Gasteiger partial charge >= 0.3 is 5.97 Å². The first-order valence-electron chi connectivity index (χ1n) is 6.57. The van der Waals surface area contributed by atoms with Crippen molar-refractivity contribution in [2.75, 3.05) is 0 Å². The number of aryl methyl sites for hydroxylation is 2. The van der Waals surface area contributed by atoms with Gasteiger partial charge in [-0.2, -0.15) is 0 Å². The lowest BCUT2D eigenvalue weighted by molar-refractivity contribution is -0.151. The van der Waals surface area contributed by atoms with E-state index in [1.54, 1.807) is 13.8 Å². The van der Waals surface area contributed by atoms with E-state index in [1.165, 1.54) is 0 Å². The molecular formula is C16H19NO3. The van der Waals surface area contributed by atoms with Crippen molar-refractivity contribution in [3.05, 3.63) is 53.2 Å². The zero-order valence-electron chi connectivity index (χ0n) is 12.3. The van der Waals surface area contributed by atoms with Crippen LogP contribution in [0, 0.1) is 13.8 Å². The van der Waals surface area contributed by atoms with Gasteiger partial charge in [0.05, 0.1) is 5.69 Å². The highest BCUT2D eigenvalue weighted by atomic mass is 16.5. The van der Waals surface area contributed by atoms with Crippen LogP contribution in [-0.4, -0.2) is 11.0 Å². The topological polar surface area (TPSA) is 52.3 Å². The van der Waals surface area contributed by atoms with Crippen LogP contribution in [0.4, 0.5) is 0 Å². The third kappa shape index (κ3) is 2.90. The molecule has 1 aromatic carbocycles. The zero-order valence-corrected chi connectivity index (χ0v) is 12.3. The molecule has 0 bridgehead atoms. The fourth-order valence-electron chi connectivity index (χ4n) is 1.73. The highest BCUT2D eigenvalue weighted by molar-refractivity contribution is 5.80. The van der Waals surface area contributed by atoms with E-state index in [0.29, 0.717) is 5.89 Å². The molecule has 0 saturated carbocycles. The molecule has 0 aliphatic carbocycles. The van der Waals surface area contributed by atoms with Crippen molar-refractivity contribution < 1.29 is 13.9 Å². The predicted octanol–water partition coefficient (Wildman–Crippen LogP) is 3.31. The summed E-state index contributed by atoms with van der Waals surface area (Å²) in [5.41, 5.74) is 0.855. The van der Waals surface area contributed by atoms with E-state index in [2.05, 4.69) is 4.98 Å². The number of nitrogens with zero attached hydrogens (tertiary/aromatic N) is 1. The maximum absolute atomic E-state index is 12.2. The molecule has 0 fully saturated rings. The van der Waals surface area contributed by atoms with Crippen molar-refractivity contribution in [3.63, 3.8) is 0 Å². The summed E-state index contributed by atoms with van der Waals surface area (Å²) in [4.78, 5) is 16.5. The second-order valence-electron chi connectivity index (χ2n) is 5.35. The van der Waals surface area contributed by atoms with Crippen molar-refractivity contribution in [2.45, 2.75) is 39.7 Å². The molecule has 0 saturated heterocycles. The van der Waals surface area contributed by atoms with E-state index in [9.17, 15) is 4.79 Å². The van der Waals surface area contributed by atoms with Crippen LogP contribution in [0.2, 0.25) is 0 Å². The number of benzene rings is 1. The number of hydrogen-bond donors (Lipinski definition) is 0. The molecule has 0 unspecified atom stereocenters. The molecule has 0 atom stereocenters. The molecule has 1 heterocycles. The molecule has 4 nitrogen and oxygen atoms in total. The third-order valence-electron chi connectivity index (χ3n) is 3.29. The Kier molecular flexibility index (Phi) is 3.93. The summed E-state index contributed by atoms with van der Waals surface area (Å²) in [6.07, 6.45) is 0. The van der Waals surface area contributed by atoms with Gasteiger partial charge in [-0.3, -0.25) is 4.79 Å². The highest BCUT2D eigenvalue weighted by Gasteiger charge is 2.37. The molecule has 0 amide bonds. The van der Waals surface area contributed by atoms with Gasteiger partial charge in [0.2, 0.25) is 5.89 Å². The van der Waals surface area contributed by atoms with Gasteiger partial charge in [0.15, 0.2) is 0 Å². The van der Waals surface area contributed by atoms with Gasteiger partial charge in [-0.25, -0.2) is 4.98 Å². The number of ether oxygens (including phenoxy) is 1. The van der Waals surface area contributed by atoms with Crippen LogP contribution in [0.3, 0.4) is 0 Å². The first-order valence-corrected chi connectivity index (χ1v) is 6.57. The third-order valence-corrected chi connectivity index (χ3v) is 3.29. The number of esters is 1. The fraction of sp³-hybridized carbons (Fsp3) is 0.375. The largest absolute Gasteiger partial charge is 0.460 e. The summed E-state index contributed by atoms with van der Waals surface area (Å²) in [7, 11) is 0. The molecule has 0 N–H and O–H groups in total. The Morgan fingerprint density at radius 1 is 1.25 bits per heavy atom. The standard InChI is InChI=1S/C16H19NO3/c1-11-12(2)20-14(17-11)16(3,4)15(18)19-10-13-8-6-5-7-9-13/h5-9H,10H2,1-4H3. The van der Waals surface area contributed by atoms with Crippen LogP contribution in [0.1, 0.15) is 36.8 Å². The molecule has 1 aromatic heterocycles. The van der Waals surface area contributed by atoms with Crippen LogP contribution in [0.15, 0.2) is 34.7 Å². The lowest BCUT2D eigenvalue weighted by Crippen LogP contribution is -2.31. The lowest BCUT2D eigenvalue weighted by atomic mass is 9.94. The molecule has 106 valence electrons. The summed E-state index contributed by atoms with van der Waals surface area (Å²) in [5, 5.41) is 0. The van der Waals surface area contributed by atoms with E-state index in [4.69, 9.17) is 9.15 Å².